The lowest BCUT2D eigenvalue weighted by molar-refractivity contribution is 0.616. The molecule has 0 atom stereocenters. The van der Waals surface area contributed by atoms with E-state index in [1.165, 1.54) is 0 Å². The van der Waals surface area contributed by atoms with Crippen molar-refractivity contribution in [2.24, 2.45) is 0 Å². The Morgan fingerprint density at radius 2 is 2.00 bits per heavy atom. The molecule has 1 aliphatic carbocycles. The standard InChI is InChI=1S/C15H10BrClN2O/c16-12-13(8-5-6-8)18-15(19-14(12)17)10-7-20-11-4-2-1-3-9(10)11/h1-4,7-8H,5-6H2. The maximum absolute atomic E-state index is 6.23. The average Bonchev–Trinajstić information content (AvgIpc) is 3.21. The van der Waals surface area contributed by atoms with Crippen LogP contribution in [0.5, 0.6) is 0 Å². The molecule has 3 aromatic rings. The molecule has 0 radical (unpaired) electrons. The van der Waals surface area contributed by atoms with Gasteiger partial charge in [-0.05, 0) is 34.8 Å². The fourth-order valence-electron chi connectivity index (χ4n) is 2.33. The Hall–Kier alpha value is -1.39. The van der Waals surface area contributed by atoms with Crippen molar-refractivity contribution in [2.45, 2.75) is 18.8 Å². The van der Waals surface area contributed by atoms with E-state index in [1.807, 2.05) is 24.3 Å². The van der Waals surface area contributed by atoms with E-state index in [9.17, 15) is 0 Å². The Morgan fingerprint density at radius 3 is 2.80 bits per heavy atom. The van der Waals surface area contributed by atoms with E-state index in [0.717, 1.165) is 39.5 Å². The molecule has 2 heterocycles. The van der Waals surface area contributed by atoms with Gasteiger partial charge in [-0.15, -0.1) is 0 Å². The second kappa shape index (κ2) is 4.57. The summed E-state index contributed by atoms with van der Waals surface area (Å²) in [6, 6.07) is 7.86. The molecule has 1 aromatic carbocycles. The van der Waals surface area contributed by atoms with Crippen molar-refractivity contribution in [3.8, 4) is 11.4 Å². The molecule has 1 aliphatic rings. The summed E-state index contributed by atoms with van der Waals surface area (Å²) in [7, 11) is 0. The van der Waals surface area contributed by atoms with Gasteiger partial charge in [0.25, 0.3) is 0 Å². The van der Waals surface area contributed by atoms with Gasteiger partial charge in [0, 0.05) is 11.3 Å². The molecule has 5 heteroatoms. The molecule has 100 valence electrons. The molecule has 3 nitrogen and oxygen atoms in total. The van der Waals surface area contributed by atoms with Crippen LogP contribution < -0.4 is 0 Å². The summed E-state index contributed by atoms with van der Waals surface area (Å²) in [5.41, 5.74) is 2.72. The van der Waals surface area contributed by atoms with Crippen LogP contribution in [0.15, 0.2) is 39.4 Å². The molecule has 1 fully saturated rings. The molecule has 2 aromatic heterocycles. The van der Waals surface area contributed by atoms with Gasteiger partial charge in [-0.2, -0.15) is 0 Å². The van der Waals surface area contributed by atoms with E-state index in [-0.39, 0.29) is 0 Å². The number of furan rings is 1. The fourth-order valence-corrected chi connectivity index (χ4v) is 3.01. The molecule has 4 rings (SSSR count). The Bertz CT molecular complexity index is 811. The summed E-state index contributed by atoms with van der Waals surface area (Å²) in [4.78, 5) is 9.07. The van der Waals surface area contributed by atoms with Gasteiger partial charge >= 0.3 is 0 Å². The highest BCUT2D eigenvalue weighted by molar-refractivity contribution is 9.10. The SMILES string of the molecule is Clc1nc(-c2coc3ccccc23)nc(C2CC2)c1Br. The first-order valence-electron chi connectivity index (χ1n) is 6.43. The first-order valence-corrected chi connectivity index (χ1v) is 7.60. The third-order valence-corrected chi connectivity index (χ3v) is 4.81. The number of para-hydroxylation sites is 1. The van der Waals surface area contributed by atoms with Crippen LogP contribution in [-0.2, 0) is 0 Å². The highest BCUT2D eigenvalue weighted by atomic mass is 79.9. The van der Waals surface area contributed by atoms with Crippen molar-refractivity contribution >= 4 is 38.5 Å². The topological polar surface area (TPSA) is 38.9 Å². The van der Waals surface area contributed by atoms with Crippen LogP contribution in [0.2, 0.25) is 5.15 Å². The Balaban J connectivity index is 1.94. The van der Waals surface area contributed by atoms with E-state index >= 15 is 0 Å². The summed E-state index contributed by atoms with van der Waals surface area (Å²) in [6.45, 7) is 0. The van der Waals surface area contributed by atoms with Crippen LogP contribution in [-0.4, -0.2) is 9.97 Å². The molecule has 0 amide bonds. The van der Waals surface area contributed by atoms with Gasteiger partial charge in [0.05, 0.1) is 15.7 Å². The van der Waals surface area contributed by atoms with Crippen LogP contribution in [0, 0.1) is 0 Å². The van der Waals surface area contributed by atoms with E-state index < -0.39 is 0 Å². The number of benzene rings is 1. The zero-order valence-electron chi connectivity index (χ0n) is 10.4. The molecule has 0 aliphatic heterocycles. The fraction of sp³-hybridized carbons (Fsp3) is 0.200. The molecule has 1 saturated carbocycles. The average molecular weight is 350 g/mol. The highest BCUT2D eigenvalue weighted by Crippen LogP contribution is 2.44. The van der Waals surface area contributed by atoms with Crippen LogP contribution >= 0.6 is 27.5 Å². The second-order valence-corrected chi connectivity index (χ2v) is 6.11. The van der Waals surface area contributed by atoms with Gasteiger partial charge < -0.3 is 4.42 Å². The molecule has 20 heavy (non-hydrogen) atoms. The van der Waals surface area contributed by atoms with E-state index in [2.05, 4.69) is 25.9 Å². The zero-order chi connectivity index (χ0) is 13.7. The number of fused-ring (bicyclic) bond motifs is 1. The monoisotopic (exact) mass is 348 g/mol. The van der Waals surface area contributed by atoms with Crippen molar-refractivity contribution in [3.63, 3.8) is 0 Å². The van der Waals surface area contributed by atoms with E-state index in [1.54, 1.807) is 6.26 Å². The predicted octanol–water partition coefficient (Wildman–Crippen LogP) is 5.18. The first-order chi connectivity index (χ1) is 9.74. The normalized spacial score (nSPS) is 14.9. The quantitative estimate of drug-likeness (QED) is 0.598. The molecule has 0 unspecified atom stereocenters. The Morgan fingerprint density at radius 1 is 1.20 bits per heavy atom. The van der Waals surface area contributed by atoms with Crippen molar-refractivity contribution in [1.29, 1.82) is 0 Å². The van der Waals surface area contributed by atoms with Crippen molar-refractivity contribution in [3.05, 3.63) is 45.8 Å². The molecule has 0 bridgehead atoms. The first kappa shape index (κ1) is 12.4. The largest absolute Gasteiger partial charge is 0.464 e. The van der Waals surface area contributed by atoms with Gasteiger partial charge in [0.2, 0.25) is 0 Å². The third kappa shape index (κ3) is 1.95. The summed E-state index contributed by atoms with van der Waals surface area (Å²) in [5, 5.41) is 1.47. The van der Waals surface area contributed by atoms with Crippen LogP contribution in [0.25, 0.3) is 22.4 Å². The van der Waals surface area contributed by atoms with Crippen molar-refractivity contribution in [2.75, 3.05) is 0 Å². The van der Waals surface area contributed by atoms with Gasteiger partial charge in [-0.1, -0.05) is 29.8 Å². The minimum absolute atomic E-state index is 0.460. The second-order valence-electron chi connectivity index (χ2n) is 4.96. The number of nitrogens with zero attached hydrogens (tertiary/aromatic N) is 2. The van der Waals surface area contributed by atoms with E-state index in [4.69, 9.17) is 16.0 Å². The van der Waals surface area contributed by atoms with Gasteiger partial charge in [-0.3, -0.25) is 0 Å². The van der Waals surface area contributed by atoms with Gasteiger partial charge in [0.1, 0.15) is 17.0 Å². The molecule has 0 spiro atoms. The maximum atomic E-state index is 6.23. The lowest BCUT2D eigenvalue weighted by Gasteiger charge is -2.06. The van der Waals surface area contributed by atoms with E-state index in [0.29, 0.717) is 16.9 Å². The van der Waals surface area contributed by atoms with Crippen LogP contribution in [0.4, 0.5) is 0 Å². The molecular weight excluding hydrogens is 340 g/mol. The number of rotatable bonds is 2. The third-order valence-electron chi connectivity index (χ3n) is 3.52. The zero-order valence-corrected chi connectivity index (χ0v) is 12.8. The molecule has 0 N–H and O–H groups in total. The van der Waals surface area contributed by atoms with Crippen LogP contribution in [0.1, 0.15) is 24.5 Å². The van der Waals surface area contributed by atoms with Gasteiger partial charge in [-0.25, -0.2) is 9.97 Å². The minimum Gasteiger partial charge on any atom is -0.464 e. The minimum atomic E-state index is 0.460. The van der Waals surface area contributed by atoms with Crippen molar-refractivity contribution in [1.82, 2.24) is 9.97 Å². The van der Waals surface area contributed by atoms with Crippen molar-refractivity contribution < 1.29 is 4.42 Å². The van der Waals surface area contributed by atoms with Gasteiger partial charge in [0.15, 0.2) is 5.82 Å². The highest BCUT2D eigenvalue weighted by Gasteiger charge is 2.29. The molecule has 0 saturated heterocycles. The number of aromatic nitrogens is 2. The number of hydrogen-bond acceptors (Lipinski definition) is 3. The Kier molecular flexibility index (Phi) is 2.82. The predicted molar refractivity (Wildman–Crippen MR) is 81.9 cm³/mol. The smallest absolute Gasteiger partial charge is 0.165 e. The van der Waals surface area contributed by atoms with Crippen LogP contribution in [0.3, 0.4) is 0 Å². The summed E-state index contributed by atoms with van der Waals surface area (Å²) in [5.74, 6) is 1.13. The molecular formula is C15H10BrClN2O. The summed E-state index contributed by atoms with van der Waals surface area (Å²) >= 11 is 9.72. The lowest BCUT2D eigenvalue weighted by Crippen LogP contribution is -1.97. The number of hydrogen-bond donors (Lipinski definition) is 0. The summed E-state index contributed by atoms with van der Waals surface area (Å²) in [6.07, 6.45) is 4.02. The summed E-state index contributed by atoms with van der Waals surface area (Å²) < 4.78 is 6.37. The lowest BCUT2D eigenvalue weighted by atomic mass is 10.1. The number of halogens is 2. The maximum Gasteiger partial charge on any atom is 0.165 e. The Labute approximate surface area is 129 Å².